The Labute approximate surface area is 191 Å². The monoisotopic (exact) mass is 437 g/mol. The lowest BCUT2D eigenvalue weighted by Gasteiger charge is -2.50. The Hall–Kier alpha value is -3.02. The number of methoxy groups -OCH3 is 1. The quantitative estimate of drug-likeness (QED) is 0.487. The lowest BCUT2D eigenvalue weighted by Crippen LogP contribution is -2.51. The number of aryl methyl sites for hydroxylation is 1. The van der Waals surface area contributed by atoms with Gasteiger partial charge in [0.25, 0.3) is 5.91 Å². The van der Waals surface area contributed by atoms with Crippen LogP contribution in [0.3, 0.4) is 0 Å². The molecule has 0 saturated heterocycles. The smallest absolute Gasteiger partial charge is 0.277 e. The highest BCUT2D eigenvalue weighted by molar-refractivity contribution is 5.86. The van der Waals surface area contributed by atoms with Crippen LogP contribution in [0.15, 0.2) is 41.5 Å². The van der Waals surface area contributed by atoms with Crippen LogP contribution in [0, 0.1) is 6.92 Å². The number of amides is 1. The number of hydrazone groups is 1. The van der Waals surface area contributed by atoms with Gasteiger partial charge in [-0.15, -0.1) is 0 Å². The number of benzene rings is 2. The Kier molecular flexibility index (Phi) is 7.12. The molecule has 0 radical (unpaired) electrons. The van der Waals surface area contributed by atoms with E-state index in [1.165, 1.54) is 11.3 Å². The van der Waals surface area contributed by atoms with Crippen LogP contribution in [0.25, 0.3) is 0 Å². The van der Waals surface area contributed by atoms with Crippen molar-refractivity contribution in [2.45, 2.75) is 65.5 Å². The summed E-state index contributed by atoms with van der Waals surface area (Å²) < 4.78 is 10.6. The minimum Gasteiger partial charge on any atom is -0.497 e. The minimum atomic E-state index is -0.311. The largest absolute Gasteiger partial charge is 0.497 e. The zero-order valence-corrected chi connectivity index (χ0v) is 20.2. The molecule has 0 unspecified atom stereocenters. The van der Waals surface area contributed by atoms with E-state index in [1.807, 2.05) is 0 Å². The number of hydrogen-bond acceptors (Lipinski definition) is 5. The molecule has 0 aromatic heterocycles. The van der Waals surface area contributed by atoms with E-state index < -0.39 is 0 Å². The van der Waals surface area contributed by atoms with Crippen molar-refractivity contribution in [2.24, 2.45) is 5.10 Å². The summed E-state index contributed by atoms with van der Waals surface area (Å²) >= 11 is 0. The second-order valence-electron chi connectivity index (χ2n) is 9.41. The van der Waals surface area contributed by atoms with Crippen LogP contribution >= 0.6 is 0 Å². The molecular formula is C26H35N3O3. The standard InChI is InChI=1S/C26H35N3O3/c1-17(2)29-24-12-18(3)20(13-23(24)19(4)14-26(29,5)6)15-27-28-25(30)16-32-22-10-8-21(31-7)9-11-22/h8-13,15,17,19H,14,16H2,1-7H3,(H,28,30)/b27-15+/t19-/m0/s1. The maximum Gasteiger partial charge on any atom is 0.277 e. The van der Waals surface area contributed by atoms with Crippen LogP contribution < -0.4 is 19.8 Å². The molecule has 0 bridgehead atoms. The third-order valence-corrected chi connectivity index (χ3v) is 6.00. The van der Waals surface area contributed by atoms with Crippen molar-refractivity contribution in [3.63, 3.8) is 0 Å². The number of carbonyl (C=O) groups excluding carboxylic acids is 1. The molecule has 2 aromatic rings. The summed E-state index contributed by atoms with van der Waals surface area (Å²) in [6, 6.07) is 12.0. The maximum absolute atomic E-state index is 12.1. The molecule has 1 aliphatic rings. The summed E-state index contributed by atoms with van der Waals surface area (Å²) in [4.78, 5) is 14.6. The van der Waals surface area contributed by atoms with Crippen LogP contribution in [0.2, 0.25) is 0 Å². The maximum atomic E-state index is 12.1. The molecular weight excluding hydrogens is 402 g/mol. The van der Waals surface area contributed by atoms with Gasteiger partial charge in [0.1, 0.15) is 11.5 Å². The van der Waals surface area contributed by atoms with Gasteiger partial charge in [0.15, 0.2) is 6.61 Å². The molecule has 3 rings (SSSR count). The highest BCUT2D eigenvalue weighted by Crippen LogP contribution is 2.45. The fourth-order valence-electron chi connectivity index (χ4n) is 4.76. The molecule has 1 aliphatic heterocycles. The molecule has 0 saturated carbocycles. The van der Waals surface area contributed by atoms with Gasteiger partial charge in [0.2, 0.25) is 0 Å². The molecule has 6 heteroatoms. The third kappa shape index (κ3) is 5.23. The van der Waals surface area contributed by atoms with Crippen LogP contribution in [0.5, 0.6) is 11.5 Å². The number of hydrogen-bond donors (Lipinski definition) is 1. The molecule has 1 amide bonds. The summed E-state index contributed by atoms with van der Waals surface area (Å²) in [5.74, 6) is 1.48. The highest BCUT2D eigenvalue weighted by atomic mass is 16.5. The van der Waals surface area contributed by atoms with Crippen molar-refractivity contribution in [3.8, 4) is 11.5 Å². The van der Waals surface area contributed by atoms with E-state index in [1.54, 1.807) is 37.6 Å². The Morgan fingerprint density at radius 2 is 1.91 bits per heavy atom. The second kappa shape index (κ2) is 9.63. The predicted molar refractivity (Wildman–Crippen MR) is 130 cm³/mol. The highest BCUT2D eigenvalue weighted by Gasteiger charge is 2.37. The first-order valence-electron chi connectivity index (χ1n) is 11.1. The average Bonchev–Trinajstić information content (AvgIpc) is 2.72. The van der Waals surface area contributed by atoms with E-state index in [2.05, 4.69) is 69.1 Å². The van der Waals surface area contributed by atoms with Gasteiger partial charge in [0, 0.05) is 17.3 Å². The second-order valence-corrected chi connectivity index (χ2v) is 9.41. The molecule has 0 fully saturated rings. The van der Waals surface area contributed by atoms with Gasteiger partial charge >= 0.3 is 0 Å². The lowest BCUT2D eigenvalue weighted by molar-refractivity contribution is -0.123. The van der Waals surface area contributed by atoms with E-state index in [-0.39, 0.29) is 18.1 Å². The molecule has 0 spiro atoms. The molecule has 2 aromatic carbocycles. The van der Waals surface area contributed by atoms with Crippen LogP contribution in [-0.4, -0.2) is 37.4 Å². The van der Waals surface area contributed by atoms with Crippen molar-refractivity contribution < 1.29 is 14.3 Å². The number of ether oxygens (including phenoxy) is 2. The molecule has 0 aliphatic carbocycles. The summed E-state index contributed by atoms with van der Waals surface area (Å²) in [5.41, 5.74) is 7.44. The van der Waals surface area contributed by atoms with Crippen molar-refractivity contribution in [1.82, 2.24) is 5.43 Å². The van der Waals surface area contributed by atoms with Crippen LogP contribution in [0.1, 0.15) is 63.6 Å². The van der Waals surface area contributed by atoms with Gasteiger partial charge in [-0.2, -0.15) is 5.10 Å². The fourth-order valence-corrected chi connectivity index (χ4v) is 4.76. The van der Waals surface area contributed by atoms with Gasteiger partial charge < -0.3 is 14.4 Å². The zero-order chi connectivity index (χ0) is 23.5. The minimum absolute atomic E-state index is 0.109. The predicted octanol–water partition coefficient (Wildman–Crippen LogP) is 5.03. The van der Waals surface area contributed by atoms with E-state index >= 15 is 0 Å². The van der Waals surface area contributed by atoms with Crippen molar-refractivity contribution >= 4 is 17.8 Å². The Morgan fingerprint density at radius 1 is 1.25 bits per heavy atom. The summed E-state index contributed by atoms with van der Waals surface area (Å²) in [6.45, 7) is 13.4. The topological polar surface area (TPSA) is 63.2 Å². The first-order chi connectivity index (χ1) is 15.1. The normalized spacial score (nSPS) is 17.4. The molecule has 172 valence electrons. The first-order valence-corrected chi connectivity index (χ1v) is 11.1. The zero-order valence-electron chi connectivity index (χ0n) is 20.2. The Morgan fingerprint density at radius 3 is 2.53 bits per heavy atom. The molecule has 32 heavy (non-hydrogen) atoms. The van der Waals surface area contributed by atoms with Crippen LogP contribution in [-0.2, 0) is 4.79 Å². The molecule has 1 heterocycles. The molecule has 1 N–H and O–H groups in total. The summed E-state index contributed by atoms with van der Waals surface area (Å²) in [7, 11) is 1.60. The number of nitrogens with one attached hydrogen (secondary N) is 1. The van der Waals surface area contributed by atoms with E-state index in [9.17, 15) is 4.79 Å². The van der Waals surface area contributed by atoms with Crippen molar-refractivity contribution in [3.05, 3.63) is 53.1 Å². The van der Waals surface area contributed by atoms with Gasteiger partial charge in [-0.05, 0) is 100 Å². The number of fused-ring (bicyclic) bond motifs is 1. The number of rotatable bonds is 7. The van der Waals surface area contributed by atoms with Crippen molar-refractivity contribution in [2.75, 3.05) is 18.6 Å². The number of anilines is 1. The Balaban J connectivity index is 1.67. The van der Waals surface area contributed by atoms with Crippen molar-refractivity contribution in [1.29, 1.82) is 0 Å². The molecule has 1 atom stereocenters. The van der Waals surface area contributed by atoms with Crippen LogP contribution in [0.4, 0.5) is 5.69 Å². The van der Waals surface area contributed by atoms with E-state index in [4.69, 9.17) is 9.47 Å². The summed E-state index contributed by atoms with van der Waals surface area (Å²) in [5, 5.41) is 4.16. The number of carbonyl (C=O) groups is 1. The van der Waals surface area contributed by atoms with Gasteiger partial charge in [-0.25, -0.2) is 5.43 Å². The van der Waals surface area contributed by atoms with E-state index in [0.29, 0.717) is 17.7 Å². The fraction of sp³-hybridized carbons (Fsp3) is 0.462. The molecule has 6 nitrogen and oxygen atoms in total. The SMILES string of the molecule is COc1ccc(OCC(=O)N/N=C/c2cc3c(cc2C)N(C(C)C)C(C)(C)C[C@@H]3C)cc1. The van der Waals surface area contributed by atoms with Gasteiger partial charge in [-0.3, -0.25) is 4.79 Å². The first kappa shape index (κ1) is 23.6. The van der Waals surface area contributed by atoms with E-state index in [0.717, 1.165) is 23.3 Å². The average molecular weight is 438 g/mol. The Bertz CT molecular complexity index is 981. The number of nitrogens with zero attached hydrogens (tertiary/aromatic N) is 2. The van der Waals surface area contributed by atoms with Gasteiger partial charge in [0.05, 0.1) is 13.3 Å². The lowest BCUT2D eigenvalue weighted by atomic mass is 9.78. The van der Waals surface area contributed by atoms with Gasteiger partial charge in [-0.1, -0.05) is 6.92 Å². The third-order valence-electron chi connectivity index (χ3n) is 6.00. The summed E-state index contributed by atoms with van der Waals surface area (Å²) in [6.07, 6.45) is 2.81.